The molecule has 5 heteroatoms. The number of carbonyl (C=O) groups excluding carboxylic acids is 1. The molecule has 2 atom stereocenters. The van der Waals surface area contributed by atoms with Crippen LogP contribution < -0.4 is 5.32 Å². The summed E-state index contributed by atoms with van der Waals surface area (Å²) in [4.78, 5) is 27.0. The Morgan fingerprint density at radius 1 is 1.17 bits per heavy atom. The summed E-state index contributed by atoms with van der Waals surface area (Å²) in [6, 6.07) is 7.60. The Morgan fingerprint density at radius 2 is 1.96 bits per heavy atom. The minimum Gasteiger partial charge on any atom is -0.481 e. The van der Waals surface area contributed by atoms with Crippen LogP contribution in [0.2, 0.25) is 0 Å². The number of H-pyrrole nitrogens is 1. The molecule has 0 aliphatic heterocycles. The van der Waals surface area contributed by atoms with Gasteiger partial charge >= 0.3 is 5.97 Å². The van der Waals surface area contributed by atoms with E-state index in [2.05, 4.69) is 10.3 Å². The van der Waals surface area contributed by atoms with E-state index in [-0.39, 0.29) is 18.4 Å². The van der Waals surface area contributed by atoms with Crippen LogP contribution in [0.4, 0.5) is 0 Å². The second-order valence-electron chi connectivity index (χ2n) is 6.29. The number of rotatable bonds is 4. The number of carboxylic acids is 1. The first-order valence-corrected chi connectivity index (χ1v) is 8.22. The maximum absolute atomic E-state index is 12.4. The van der Waals surface area contributed by atoms with Gasteiger partial charge in [0, 0.05) is 23.1 Å². The Hall–Kier alpha value is -2.30. The number of para-hydroxylation sites is 1. The van der Waals surface area contributed by atoms with Gasteiger partial charge in [0.1, 0.15) is 0 Å². The van der Waals surface area contributed by atoms with Gasteiger partial charge in [0.25, 0.3) is 0 Å². The lowest BCUT2D eigenvalue weighted by Crippen LogP contribution is -2.43. The molecule has 1 aliphatic carbocycles. The molecule has 1 amide bonds. The molecule has 3 N–H and O–H groups in total. The molecule has 122 valence electrons. The lowest BCUT2D eigenvalue weighted by atomic mass is 9.94. The monoisotopic (exact) mass is 314 g/mol. The Bertz CT molecular complexity index is 707. The molecule has 3 rings (SSSR count). The molecule has 0 bridgehead atoms. The number of aromatic amines is 1. The summed E-state index contributed by atoms with van der Waals surface area (Å²) in [7, 11) is 0. The number of carboxylic acid groups (broad SMARTS) is 1. The van der Waals surface area contributed by atoms with Gasteiger partial charge in [-0.05, 0) is 24.5 Å². The minimum absolute atomic E-state index is 0.104. The van der Waals surface area contributed by atoms with Crippen LogP contribution >= 0.6 is 0 Å². The number of aromatic nitrogens is 1. The van der Waals surface area contributed by atoms with Crippen molar-refractivity contribution in [3.63, 3.8) is 0 Å². The van der Waals surface area contributed by atoms with Crippen molar-refractivity contribution in [2.45, 2.75) is 44.6 Å². The third-order valence-corrected chi connectivity index (χ3v) is 4.71. The summed E-state index contributed by atoms with van der Waals surface area (Å²) in [5, 5.41) is 13.4. The van der Waals surface area contributed by atoms with E-state index in [0.29, 0.717) is 6.42 Å². The van der Waals surface area contributed by atoms with Crippen molar-refractivity contribution < 1.29 is 14.7 Å². The van der Waals surface area contributed by atoms with E-state index in [1.54, 1.807) is 0 Å². The van der Waals surface area contributed by atoms with Gasteiger partial charge in [-0.3, -0.25) is 9.59 Å². The molecular weight excluding hydrogens is 292 g/mol. The highest BCUT2D eigenvalue weighted by Gasteiger charge is 2.30. The van der Waals surface area contributed by atoms with Crippen molar-refractivity contribution in [2.24, 2.45) is 5.92 Å². The topological polar surface area (TPSA) is 82.2 Å². The highest BCUT2D eigenvalue weighted by molar-refractivity contribution is 5.89. The van der Waals surface area contributed by atoms with Crippen LogP contribution in [0.15, 0.2) is 30.5 Å². The third kappa shape index (κ3) is 3.55. The van der Waals surface area contributed by atoms with Gasteiger partial charge in [0.15, 0.2) is 0 Å². The van der Waals surface area contributed by atoms with E-state index in [0.717, 1.165) is 42.1 Å². The first-order chi connectivity index (χ1) is 11.1. The molecule has 0 radical (unpaired) electrons. The van der Waals surface area contributed by atoms with E-state index >= 15 is 0 Å². The number of hydrogen-bond donors (Lipinski definition) is 3. The van der Waals surface area contributed by atoms with Gasteiger partial charge in [-0.2, -0.15) is 0 Å². The van der Waals surface area contributed by atoms with Crippen molar-refractivity contribution in [3.8, 4) is 0 Å². The zero-order chi connectivity index (χ0) is 16.2. The van der Waals surface area contributed by atoms with Crippen molar-refractivity contribution in [1.29, 1.82) is 0 Å². The smallest absolute Gasteiger partial charge is 0.308 e. The molecule has 2 aromatic rings. The van der Waals surface area contributed by atoms with Crippen LogP contribution in [0.25, 0.3) is 10.9 Å². The van der Waals surface area contributed by atoms with Gasteiger partial charge in [-0.15, -0.1) is 0 Å². The van der Waals surface area contributed by atoms with Crippen molar-refractivity contribution in [3.05, 3.63) is 36.0 Å². The van der Waals surface area contributed by atoms with Gasteiger partial charge in [0.05, 0.1) is 12.3 Å². The van der Waals surface area contributed by atoms with E-state index in [1.807, 2.05) is 30.5 Å². The summed E-state index contributed by atoms with van der Waals surface area (Å²) >= 11 is 0. The quantitative estimate of drug-likeness (QED) is 0.759. The van der Waals surface area contributed by atoms with Crippen LogP contribution in [-0.2, 0) is 16.0 Å². The maximum atomic E-state index is 12.4. The van der Waals surface area contributed by atoms with E-state index in [1.165, 1.54) is 0 Å². The normalized spacial score (nSPS) is 21.7. The number of nitrogens with one attached hydrogen (secondary N) is 2. The van der Waals surface area contributed by atoms with Gasteiger partial charge in [-0.25, -0.2) is 0 Å². The highest BCUT2D eigenvalue weighted by atomic mass is 16.4. The van der Waals surface area contributed by atoms with Crippen molar-refractivity contribution >= 4 is 22.8 Å². The molecule has 1 fully saturated rings. The predicted molar refractivity (Wildman–Crippen MR) is 88.1 cm³/mol. The molecule has 1 aliphatic rings. The summed E-state index contributed by atoms with van der Waals surface area (Å²) in [5.74, 6) is -1.37. The average molecular weight is 314 g/mol. The maximum Gasteiger partial charge on any atom is 0.308 e. The standard InChI is InChI=1S/C18H22N2O3/c21-17(10-12-11-19-15-8-5-4-6-13(12)15)20-16-9-3-1-2-7-14(16)18(22)23/h4-6,8,11,14,16,19H,1-3,7,9-10H2,(H,20,21)(H,22,23)/t14-,16+/m1/s1. The van der Waals surface area contributed by atoms with E-state index in [9.17, 15) is 14.7 Å². The Labute approximate surface area is 135 Å². The Balaban J connectivity index is 1.69. The fourth-order valence-corrected chi connectivity index (χ4v) is 3.48. The average Bonchev–Trinajstić information content (AvgIpc) is 2.77. The first kappa shape index (κ1) is 15.6. The summed E-state index contributed by atoms with van der Waals surface area (Å²) in [5.41, 5.74) is 1.95. The molecule has 0 unspecified atom stereocenters. The third-order valence-electron chi connectivity index (χ3n) is 4.71. The number of carbonyl (C=O) groups is 2. The number of amides is 1. The van der Waals surface area contributed by atoms with Crippen LogP contribution in [0.3, 0.4) is 0 Å². The molecule has 0 saturated heterocycles. The van der Waals surface area contributed by atoms with Gasteiger partial charge in [0.2, 0.25) is 5.91 Å². The largest absolute Gasteiger partial charge is 0.481 e. The number of benzene rings is 1. The molecule has 1 saturated carbocycles. The molecule has 5 nitrogen and oxygen atoms in total. The zero-order valence-electron chi connectivity index (χ0n) is 13.0. The molecule has 0 spiro atoms. The summed E-state index contributed by atoms with van der Waals surface area (Å²) in [6.45, 7) is 0. The molecule has 23 heavy (non-hydrogen) atoms. The molecule has 1 heterocycles. The van der Waals surface area contributed by atoms with E-state index in [4.69, 9.17) is 0 Å². The number of hydrogen-bond acceptors (Lipinski definition) is 2. The Morgan fingerprint density at radius 3 is 2.78 bits per heavy atom. The minimum atomic E-state index is -0.802. The molecule has 1 aromatic heterocycles. The van der Waals surface area contributed by atoms with Gasteiger partial charge in [-0.1, -0.05) is 37.5 Å². The fourth-order valence-electron chi connectivity index (χ4n) is 3.48. The van der Waals surface area contributed by atoms with Crippen LogP contribution in [0.5, 0.6) is 0 Å². The molecule has 1 aromatic carbocycles. The zero-order valence-corrected chi connectivity index (χ0v) is 13.0. The predicted octanol–water partition coefficient (Wildman–Crippen LogP) is 2.86. The lowest BCUT2D eigenvalue weighted by Gasteiger charge is -2.22. The number of aliphatic carboxylic acids is 1. The van der Waals surface area contributed by atoms with Crippen LogP contribution in [-0.4, -0.2) is 28.0 Å². The SMILES string of the molecule is O=C(Cc1c[nH]c2ccccc12)N[C@H]1CCCCC[C@H]1C(=O)O. The molecular formula is C18H22N2O3. The van der Waals surface area contributed by atoms with Gasteiger partial charge < -0.3 is 15.4 Å². The van der Waals surface area contributed by atoms with Crippen LogP contribution in [0, 0.1) is 5.92 Å². The van der Waals surface area contributed by atoms with E-state index < -0.39 is 11.9 Å². The highest BCUT2D eigenvalue weighted by Crippen LogP contribution is 2.24. The lowest BCUT2D eigenvalue weighted by molar-refractivity contribution is -0.143. The Kier molecular flexibility index (Phi) is 4.65. The van der Waals surface area contributed by atoms with Crippen LogP contribution in [0.1, 0.15) is 37.7 Å². The second-order valence-corrected chi connectivity index (χ2v) is 6.29. The second kappa shape index (κ2) is 6.86. The van der Waals surface area contributed by atoms with Crippen molar-refractivity contribution in [2.75, 3.05) is 0 Å². The summed E-state index contributed by atoms with van der Waals surface area (Å²) in [6.07, 6.45) is 6.45. The van der Waals surface area contributed by atoms with Crippen molar-refractivity contribution in [1.82, 2.24) is 10.3 Å². The number of fused-ring (bicyclic) bond motifs is 1. The first-order valence-electron chi connectivity index (χ1n) is 8.22. The summed E-state index contributed by atoms with van der Waals surface area (Å²) < 4.78 is 0. The fraction of sp³-hybridized carbons (Fsp3) is 0.444.